The molecule has 0 unspecified atom stereocenters. The van der Waals surface area contributed by atoms with Crippen LogP contribution in [0.1, 0.15) is 19.3 Å². The van der Waals surface area contributed by atoms with E-state index < -0.39 is 0 Å². The zero-order valence-corrected chi connectivity index (χ0v) is 7.81. The van der Waals surface area contributed by atoms with E-state index in [4.69, 9.17) is 11.6 Å². The van der Waals surface area contributed by atoms with Crippen molar-refractivity contribution in [3.8, 4) is 0 Å². The second-order valence-corrected chi connectivity index (χ2v) is 3.39. The van der Waals surface area contributed by atoms with Crippen molar-refractivity contribution >= 4 is 17.5 Å². The lowest BCUT2D eigenvalue weighted by Crippen LogP contribution is -2.23. The molecule has 68 valence electrons. The van der Waals surface area contributed by atoms with Gasteiger partial charge in [-0.25, -0.2) is 0 Å². The Balaban J connectivity index is 1.97. The van der Waals surface area contributed by atoms with E-state index in [0.717, 1.165) is 0 Å². The van der Waals surface area contributed by atoms with Gasteiger partial charge in [0, 0.05) is 18.8 Å². The number of nitrogens with one attached hydrogen (secondary N) is 1. The second-order valence-electron chi connectivity index (χ2n) is 3.08. The van der Waals surface area contributed by atoms with E-state index in [1.165, 1.54) is 12.8 Å². The zero-order valence-electron chi connectivity index (χ0n) is 7.05. The fourth-order valence-corrected chi connectivity index (χ4v) is 1.10. The second kappa shape index (κ2) is 5.20. The van der Waals surface area contributed by atoms with Gasteiger partial charge in [0.15, 0.2) is 0 Å². The number of hydrogen-bond acceptors (Lipinski definition) is 1. The van der Waals surface area contributed by atoms with Crippen molar-refractivity contribution in [3.05, 3.63) is 12.2 Å². The quantitative estimate of drug-likeness (QED) is 0.515. The maximum Gasteiger partial charge on any atom is 0.220 e. The van der Waals surface area contributed by atoms with Crippen LogP contribution in [0.4, 0.5) is 0 Å². The molecule has 0 spiro atoms. The molecule has 0 heterocycles. The Labute approximate surface area is 78.0 Å². The molecule has 0 aromatic carbocycles. The van der Waals surface area contributed by atoms with Crippen molar-refractivity contribution in [2.75, 3.05) is 12.4 Å². The molecule has 0 saturated heterocycles. The Hall–Kier alpha value is -0.500. The van der Waals surface area contributed by atoms with Gasteiger partial charge in [0.2, 0.25) is 5.91 Å². The SMILES string of the molecule is O=C(CC1CC1)NC/C=C/CCl. The van der Waals surface area contributed by atoms with Crippen LogP contribution < -0.4 is 5.32 Å². The standard InChI is InChI=1S/C9H14ClNO/c10-5-1-2-6-11-9(12)7-8-3-4-8/h1-2,8H,3-7H2,(H,11,12)/b2-1+. The molecular formula is C9H14ClNO. The molecule has 1 saturated carbocycles. The van der Waals surface area contributed by atoms with Crippen molar-refractivity contribution < 1.29 is 4.79 Å². The van der Waals surface area contributed by atoms with Crippen molar-refractivity contribution in [2.45, 2.75) is 19.3 Å². The molecule has 3 heteroatoms. The summed E-state index contributed by atoms with van der Waals surface area (Å²) >= 11 is 5.41. The number of halogens is 1. The number of alkyl halides is 1. The molecule has 12 heavy (non-hydrogen) atoms. The first-order valence-electron chi connectivity index (χ1n) is 4.30. The van der Waals surface area contributed by atoms with Crippen LogP contribution in [0.15, 0.2) is 12.2 Å². The molecule has 1 rings (SSSR count). The normalized spacial score (nSPS) is 16.8. The summed E-state index contributed by atoms with van der Waals surface area (Å²) in [6, 6.07) is 0. The zero-order chi connectivity index (χ0) is 8.81. The van der Waals surface area contributed by atoms with Gasteiger partial charge < -0.3 is 5.32 Å². The van der Waals surface area contributed by atoms with Crippen LogP contribution in [0.3, 0.4) is 0 Å². The summed E-state index contributed by atoms with van der Waals surface area (Å²) < 4.78 is 0. The fraction of sp³-hybridized carbons (Fsp3) is 0.667. The Morgan fingerprint density at radius 1 is 1.50 bits per heavy atom. The third-order valence-electron chi connectivity index (χ3n) is 1.84. The average Bonchev–Trinajstić information content (AvgIpc) is 2.82. The van der Waals surface area contributed by atoms with Gasteiger partial charge in [-0.1, -0.05) is 12.2 Å². The van der Waals surface area contributed by atoms with Crippen LogP contribution in [-0.2, 0) is 4.79 Å². The highest BCUT2D eigenvalue weighted by Crippen LogP contribution is 2.31. The van der Waals surface area contributed by atoms with Gasteiger partial charge >= 0.3 is 0 Å². The van der Waals surface area contributed by atoms with Crippen LogP contribution >= 0.6 is 11.6 Å². The summed E-state index contributed by atoms with van der Waals surface area (Å²) in [4.78, 5) is 11.1. The van der Waals surface area contributed by atoms with Crippen LogP contribution in [0.2, 0.25) is 0 Å². The Morgan fingerprint density at radius 2 is 2.25 bits per heavy atom. The molecule has 1 aliphatic rings. The smallest absolute Gasteiger partial charge is 0.220 e. The Kier molecular flexibility index (Phi) is 4.15. The summed E-state index contributed by atoms with van der Waals surface area (Å²) in [6.07, 6.45) is 6.86. The maximum atomic E-state index is 11.1. The molecule has 1 amide bonds. The Morgan fingerprint density at radius 3 is 2.83 bits per heavy atom. The topological polar surface area (TPSA) is 29.1 Å². The van der Waals surface area contributed by atoms with Crippen LogP contribution in [0.25, 0.3) is 0 Å². The first-order chi connectivity index (χ1) is 5.83. The molecule has 0 radical (unpaired) electrons. The number of rotatable bonds is 5. The molecule has 2 nitrogen and oxygen atoms in total. The lowest BCUT2D eigenvalue weighted by atomic mass is 10.3. The van der Waals surface area contributed by atoms with Crippen molar-refractivity contribution in [1.82, 2.24) is 5.32 Å². The van der Waals surface area contributed by atoms with Crippen LogP contribution in [0.5, 0.6) is 0 Å². The molecule has 1 N–H and O–H groups in total. The van der Waals surface area contributed by atoms with Gasteiger partial charge in [-0.15, -0.1) is 11.6 Å². The van der Waals surface area contributed by atoms with Crippen molar-refractivity contribution in [1.29, 1.82) is 0 Å². The van der Waals surface area contributed by atoms with E-state index in [1.54, 1.807) is 0 Å². The van der Waals surface area contributed by atoms with E-state index in [1.807, 2.05) is 12.2 Å². The van der Waals surface area contributed by atoms with Gasteiger partial charge in [-0.3, -0.25) is 4.79 Å². The van der Waals surface area contributed by atoms with Gasteiger partial charge in [0.1, 0.15) is 0 Å². The van der Waals surface area contributed by atoms with Gasteiger partial charge in [0.05, 0.1) is 0 Å². The monoisotopic (exact) mass is 187 g/mol. The molecule has 0 aliphatic heterocycles. The Bertz CT molecular complexity index is 175. The largest absolute Gasteiger partial charge is 0.353 e. The minimum atomic E-state index is 0.164. The molecule has 0 bridgehead atoms. The van der Waals surface area contributed by atoms with Gasteiger partial charge in [-0.05, 0) is 18.8 Å². The molecular weight excluding hydrogens is 174 g/mol. The average molecular weight is 188 g/mol. The molecule has 0 aromatic rings. The molecule has 1 fully saturated rings. The third-order valence-corrected chi connectivity index (χ3v) is 2.02. The van der Waals surface area contributed by atoms with Gasteiger partial charge in [-0.2, -0.15) is 0 Å². The molecule has 0 atom stereocenters. The summed E-state index contributed by atoms with van der Waals surface area (Å²) in [6.45, 7) is 0.609. The summed E-state index contributed by atoms with van der Waals surface area (Å²) in [7, 11) is 0. The highest BCUT2D eigenvalue weighted by atomic mass is 35.5. The molecule has 0 aromatic heterocycles. The van der Waals surface area contributed by atoms with E-state index in [0.29, 0.717) is 24.8 Å². The number of allylic oxidation sites excluding steroid dienone is 1. The summed E-state index contributed by atoms with van der Waals surface area (Å²) in [5.74, 6) is 1.34. The van der Waals surface area contributed by atoms with E-state index in [-0.39, 0.29) is 5.91 Å². The third kappa shape index (κ3) is 4.39. The summed E-state index contributed by atoms with van der Waals surface area (Å²) in [5.41, 5.74) is 0. The van der Waals surface area contributed by atoms with E-state index in [9.17, 15) is 4.79 Å². The number of carbonyl (C=O) groups is 1. The minimum absolute atomic E-state index is 0.164. The fourth-order valence-electron chi connectivity index (χ4n) is 0.975. The molecule has 1 aliphatic carbocycles. The highest BCUT2D eigenvalue weighted by molar-refractivity contribution is 6.18. The van der Waals surface area contributed by atoms with Crippen molar-refractivity contribution in [2.24, 2.45) is 5.92 Å². The predicted octanol–water partition coefficient (Wildman–Crippen LogP) is 1.70. The number of hydrogen-bond donors (Lipinski definition) is 1. The predicted molar refractivity (Wildman–Crippen MR) is 50.2 cm³/mol. The van der Waals surface area contributed by atoms with E-state index >= 15 is 0 Å². The van der Waals surface area contributed by atoms with Gasteiger partial charge in [0.25, 0.3) is 0 Å². The first kappa shape index (κ1) is 9.59. The lowest BCUT2D eigenvalue weighted by molar-refractivity contribution is -0.121. The minimum Gasteiger partial charge on any atom is -0.353 e. The first-order valence-corrected chi connectivity index (χ1v) is 4.84. The maximum absolute atomic E-state index is 11.1. The van der Waals surface area contributed by atoms with Crippen molar-refractivity contribution in [3.63, 3.8) is 0 Å². The number of carbonyl (C=O) groups excluding carboxylic acids is 1. The van der Waals surface area contributed by atoms with Crippen LogP contribution in [0, 0.1) is 5.92 Å². The summed E-state index contributed by atoms with van der Waals surface area (Å²) in [5, 5.41) is 2.80. The van der Waals surface area contributed by atoms with E-state index in [2.05, 4.69) is 5.32 Å². The highest BCUT2D eigenvalue weighted by Gasteiger charge is 2.23. The lowest BCUT2D eigenvalue weighted by Gasteiger charge is -1.99. The number of amides is 1. The van der Waals surface area contributed by atoms with Crippen LogP contribution in [-0.4, -0.2) is 18.3 Å².